The molecular weight excluding hydrogens is 258 g/mol. The molecule has 1 rings (SSSR count). The SMILES string of the molecule is CNC(C)c1ccc(SCC(C)(C)C(=O)OC)cc1. The number of carbonyl (C=O) groups is 1. The van der Waals surface area contributed by atoms with Crippen molar-refractivity contribution < 1.29 is 9.53 Å². The number of carbonyl (C=O) groups excluding carboxylic acids is 1. The summed E-state index contributed by atoms with van der Waals surface area (Å²) >= 11 is 1.68. The maximum absolute atomic E-state index is 11.6. The van der Waals surface area contributed by atoms with Crippen molar-refractivity contribution in [2.45, 2.75) is 31.7 Å². The van der Waals surface area contributed by atoms with Crippen molar-refractivity contribution >= 4 is 17.7 Å². The van der Waals surface area contributed by atoms with Gasteiger partial charge in [-0.1, -0.05) is 12.1 Å². The second kappa shape index (κ2) is 6.96. The predicted molar refractivity (Wildman–Crippen MR) is 80.4 cm³/mol. The number of rotatable bonds is 6. The van der Waals surface area contributed by atoms with Crippen LogP contribution >= 0.6 is 11.8 Å². The Morgan fingerprint density at radius 2 is 1.95 bits per heavy atom. The quantitative estimate of drug-likeness (QED) is 0.641. The summed E-state index contributed by atoms with van der Waals surface area (Å²) in [5, 5.41) is 3.21. The summed E-state index contributed by atoms with van der Waals surface area (Å²) in [4.78, 5) is 12.8. The normalized spacial score (nSPS) is 13.1. The topological polar surface area (TPSA) is 38.3 Å². The number of hydrogen-bond acceptors (Lipinski definition) is 4. The molecule has 0 bridgehead atoms. The summed E-state index contributed by atoms with van der Waals surface area (Å²) in [6.45, 7) is 5.94. The lowest BCUT2D eigenvalue weighted by Gasteiger charge is -2.20. The van der Waals surface area contributed by atoms with Gasteiger partial charge >= 0.3 is 5.97 Å². The molecule has 1 aromatic carbocycles. The summed E-state index contributed by atoms with van der Waals surface area (Å²) in [5.41, 5.74) is 0.801. The Morgan fingerprint density at radius 3 is 2.42 bits per heavy atom. The van der Waals surface area contributed by atoms with Gasteiger partial charge in [0.15, 0.2) is 0 Å². The Labute approximate surface area is 120 Å². The minimum Gasteiger partial charge on any atom is -0.469 e. The van der Waals surface area contributed by atoms with Gasteiger partial charge in [-0.3, -0.25) is 4.79 Å². The van der Waals surface area contributed by atoms with Crippen molar-refractivity contribution in [3.8, 4) is 0 Å². The molecule has 0 saturated carbocycles. The highest BCUT2D eigenvalue weighted by Crippen LogP contribution is 2.29. The average molecular weight is 281 g/mol. The maximum atomic E-state index is 11.6. The molecule has 0 radical (unpaired) electrons. The summed E-state index contributed by atoms with van der Waals surface area (Å²) in [6, 6.07) is 8.79. The number of methoxy groups -OCH3 is 1. The first-order valence-electron chi connectivity index (χ1n) is 6.39. The fraction of sp³-hybridized carbons (Fsp3) is 0.533. The Bertz CT molecular complexity index is 415. The number of benzene rings is 1. The monoisotopic (exact) mass is 281 g/mol. The van der Waals surface area contributed by atoms with Crippen LogP contribution in [-0.4, -0.2) is 25.9 Å². The van der Waals surface area contributed by atoms with Gasteiger partial charge in [0.25, 0.3) is 0 Å². The Kier molecular flexibility index (Phi) is 5.88. The summed E-state index contributed by atoms with van der Waals surface area (Å²) in [5.74, 6) is 0.543. The van der Waals surface area contributed by atoms with Gasteiger partial charge in [0.05, 0.1) is 12.5 Å². The molecule has 106 valence electrons. The van der Waals surface area contributed by atoms with E-state index in [0.717, 1.165) is 0 Å². The minimum atomic E-state index is -0.462. The number of thioether (sulfide) groups is 1. The number of esters is 1. The van der Waals surface area contributed by atoms with Crippen molar-refractivity contribution in [1.29, 1.82) is 0 Å². The molecule has 1 aromatic rings. The molecule has 0 heterocycles. The summed E-state index contributed by atoms with van der Waals surface area (Å²) < 4.78 is 4.81. The zero-order chi connectivity index (χ0) is 14.5. The van der Waals surface area contributed by atoms with Crippen LogP contribution in [0.4, 0.5) is 0 Å². The van der Waals surface area contributed by atoms with Crippen LogP contribution in [0.15, 0.2) is 29.2 Å². The predicted octanol–water partition coefficient (Wildman–Crippen LogP) is 3.26. The van der Waals surface area contributed by atoms with Gasteiger partial charge < -0.3 is 10.1 Å². The highest BCUT2D eigenvalue weighted by atomic mass is 32.2. The third kappa shape index (κ3) is 4.55. The molecule has 1 atom stereocenters. The van der Waals surface area contributed by atoms with E-state index in [0.29, 0.717) is 11.8 Å². The van der Waals surface area contributed by atoms with Crippen LogP contribution < -0.4 is 5.32 Å². The number of ether oxygens (including phenoxy) is 1. The van der Waals surface area contributed by atoms with E-state index >= 15 is 0 Å². The van der Waals surface area contributed by atoms with Gasteiger partial charge in [0, 0.05) is 16.7 Å². The van der Waals surface area contributed by atoms with E-state index in [1.165, 1.54) is 17.6 Å². The van der Waals surface area contributed by atoms with E-state index in [1.54, 1.807) is 11.8 Å². The van der Waals surface area contributed by atoms with Crippen LogP contribution in [0.2, 0.25) is 0 Å². The van der Waals surface area contributed by atoms with Gasteiger partial charge in [-0.15, -0.1) is 11.8 Å². The molecule has 0 saturated heterocycles. The molecule has 0 fully saturated rings. The molecule has 0 aliphatic carbocycles. The zero-order valence-electron chi connectivity index (χ0n) is 12.3. The fourth-order valence-electron chi connectivity index (χ4n) is 1.62. The third-order valence-electron chi connectivity index (χ3n) is 3.15. The standard InChI is InChI=1S/C15H23NO2S/c1-11(16-4)12-6-8-13(9-7-12)19-10-15(2,3)14(17)18-5/h6-9,11,16H,10H2,1-5H3. The fourth-order valence-corrected chi connectivity index (χ4v) is 2.59. The van der Waals surface area contributed by atoms with Crippen molar-refractivity contribution in [2.24, 2.45) is 5.41 Å². The first kappa shape index (κ1) is 16.1. The van der Waals surface area contributed by atoms with Crippen LogP contribution in [0.5, 0.6) is 0 Å². The lowest BCUT2D eigenvalue weighted by atomic mass is 9.97. The first-order chi connectivity index (χ1) is 8.90. The molecular formula is C15H23NO2S. The van der Waals surface area contributed by atoms with E-state index < -0.39 is 5.41 Å². The van der Waals surface area contributed by atoms with Crippen LogP contribution in [0, 0.1) is 5.41 Å². The molecule has 0 aromatic heterocycles. The molecule has 0 spiro atoms. The van der Waals surface area contributed by atoms with Crippen molar-refractivity contribution in [3.63, 3.8) is 0 Å². The molecule has 0 aliphatic heterocycles. The molecule has 1 N–H and O–H groups in total. The molecule has 3 nitrogen and oxygen atoms in total. The van der Waals surface area contributed by atoms with Crippen LogP contribution in [0.25, 0.3) is 0 Å². The van der Waals surface area contributed by atoms with Crippen molar-refractivity contribution in [3.05, 3.63) is 29.8 Å². The lowest BCUT2D eigenvalue weighted by molar-refractivity contribution is -0.149. The smallest absolute Gasteiger partial charge is 0.312 e. The maximum Gasteiger partial charge on any atom is 0.312 e. The first-order valence-corrected chi connectivity index (χ1v) is 7.37. The van der Waals surface area contributed by atoms with Gasteiger partial charge in [0.1, 0.15) is 0 Å². The van der Waals surface area contributed by atoms with E-state index in [9.17, 15) is 4.79 Å². The van der Waals surface area contributed by atoms with E-state index in [2.05, 4.69) is 36.5 Å². The molecule has 0 amide bonds. The highest BCUT2D eigenvalue weighted by molar-refractivity contribution is 7.99. The van der Waals surface area contributed by atoms with E-state index in [1.807, 2.05) is 20.9 Å². The van der Waals surface area contributed by atoms with Gasteiger partial charge in [-0.05, 0) is 45.5 Å². The largest absolute Gasteiger partial charge is 0.469 e. The average Bonchev–Trinajstić information content (AvgIpc) is 2.43. The lowest BCUT2D eigenvalue weighted by Crippen LogP contribution is -2.28. The molecule has 0 aliphatic rings. The molecule has 4 heteroatoms. The van der Waals surface area contributed by atoms with Crippen LogP contribution in [0.3, 0.4) is 0 Å². The second-order valence-corrected chi connectivity index (χ2v) is 6.29. The molecule has 19 heavy (non-hydrogen) atoms. The van der Waals surface area contributed by atoms with Gasteiger partial charge in [-0.2, -0.15) is 0 Å². The van der Waals surface area contributed by atoms with Crippen LogP contribution in [0.1, 0.15) is 32.4 Å². The Hall–Kier alpha value is -1.00. The highest BCUT2D eigenvalue weighted by Gasteiger charge is 2.28. The molecule has 1 unspecified atom stereocenters. The number of nitrogens with one attached hydrogen (secondary N) is 1. The van der Waals surface area contributed by atoms with Gasteiger partial charge in [-0.25, -0.2) is 0 Å². The minimum absolute atomic E-state index is 0.166. The van der Waals surface area contributed by atoms with Gasteiger partial charge in [0.2, 0.25) is 0 Å². The van der Waals surface area contributed by atoms with Crippen molar-refractivity contribution in [1.82, 2.24) is 5.32 Å². The summed E-state index contributed by atoms with van der Waals surface area (Å²) in [7, 11) is 3.38. The second-order valence-electron chi connectivity index (χ2n) is 5.24. The van der Waals surface area contributed by atoms with Crippen LogP contribution in [-0.2, 0) is 9.53 Å². The summed E-state index contributed by atoms with van der Waals surface area (Å²) in [6.07, 6.45) is 0. The van der Waals surface area contributed by atoms with E-state index in [-0.39, 0.29) is 5.97 Å². The Balaban J connectivity index is 2.62. The zero-order valence-corrected chi connectivity index (χ0v) is 13.1. The van der Waals surface area contributed by atoms with E-state index in [4.69, 9.17) is 4.74 Å². The third-order valence-corrected chi connectivity index (χ3v) is 4.62. The Morgan fingerprint density at radius 1 is 1.37 bits per heavy atom. The number of hydrogen-bond donors (Lipinski definition) is 1. The van der Waals surface area contributed by atoms with Crippen molar-refractivity contribution in [2.75, 3.05) is 19.9 Å².